The van der Waals surface area contributed by atoms with Crippen LogP contribution in [0.3, 0.4) is 0 Å². The summed E-state index contributed by atoms with van der Waals surface area (Å²) in [6, 6.07) is 17.6. The lowest BCUT2D eigenvalue weighted by Gasteiger charge is -2.59. The number of methoxy groups -OCH3 is 1. The summed E-state index contributed by atoms with van der Waals surface area (Å²) in [5.41, 5.74) is 0.496. The van der Waals surface area contributed by atoms with Crippen LogP contribution in [0.4, 0.5) is 0 Å². The van der Waals surface area contributed by atoms with Gasteiger partial charge < -0.3 is 14.7 Å². The molecule has 2 aromatic carbocycles. The molecule has 4 rings (SSSR count). The standard InChI is InChI=1S/C27H34N2O3/c1-4-16-29-17-15-26(22-11-8-12-24(18-22)32-3)19-23(13-14-27(26,31)20-29)28(2)25(30)21-9-6-5-7-10-21/h4-12,18,23,31H,1,13-17,19-20H2,2-3H3/t23-,26?,27?/m0/s1. The molecule has 32 heavy (non-hydrogen) atoms. The Hall–Kier alpha value is -2.63. The van der Waals surface area contributed by atoms with E-state index in [-0.39, 0.29) is 11.9 Å². The monoisotopic (exact) mass is 434 g/mol. The van der Waals surface area contributed by atoms with E-state index in [9.17, 15) is 9.90 Å². The van der Waals surface area contributed by atoms with E-state index in [1.165, 1.54) is 0 Å². The SMILES string of the molecule is C=CCN1CCC2(c3cccc(OC)c3)C[C@@H](N(C)C(=O)c3ccccc3)CCC2(O)C1. The average molecular weight is 435 g/mol. The molecule has 5 heteroatoms. The minimum absolute atomic E-state index is 0.0333. The lowest BCUT2D eigenvalue weighted by atomic mass is 9.55. The van der Waals surface area contributed by atoms with Crippen LogP contribution >= 0.6 is 0 Å². The zero-order valence-corrected chi connectivity index (χ0v) is 19.2. The number of fused-ring (bicyclic) bond motifs is 1. The largest absolute Gasteiger partial charge is 0.497 e. The summed E-state index contributed by atoms with van der Waals surface area (Å²) in [5, 5.41) is 12.1. The Kier molecular flexibility index (Phi) is 6.40. The molecule has 1 amide bonds. The van der Waals surface area contributed by atoms with Crippen molar-refractivity contribution in [2.24, 2.45) is 0 Å². The highest BCUT2D eigenvalue weighted by Crippen LogP contribution is 2.52. The fourth-order valence-corrected chi connectivity index (χ4v) is 5.77. The van der Waals surface area contributed by atoms with Crippen LogP contribution in [0.5, 0.6) is 5.75 Å². The maximum Gasteiger partial charge on any atom is 0.253 e. The second kappa shape index (κ2) is 9.08. The first-order chi connectivity index (χ1) is 15.4. The third-order valence-electron chi connectivity index (χ3n) is 7.60. The molecule has 2 unspecified atom stereocenters. The maximum atomic E-state index is 13.2. The van der Waals surface area contributed by atoms with Gasteiger partial charge in [-0.15, -0.1) is 6.58 Å². The van der Waals surface area contributed by atoms with Crippen molar-refractivity contribution in [3.63, 3.8) is 0 Å². The lowest BCUT2D eigenvalue weighted by molar-refractivity contribution is -0.130. The fraction of sp³-hybridized carbons (Fsp3) is 0.444. The molecule has 1 saturated carbocycles. The van der Waals surface area contributed by atoms with Crippen molar-refractivity contribution in [2.45, 2.75) is 42.7 Å². The number of carbonyl (C=O) groups excluding carboxylic acids is 1. The van der Waals surface area contributed by atoms with Gasteiger partial charge in [-0.25, -0.2) is 0 Å². The van der Waals surface area contributed by atoms with Gasteiger partial charge in [-0.1, -0.05) is 36.4 Å². The van der Waals surface area contributed by atoms with Gasteiger partial charge in [0.25, 0.3) is 5.91 Å². The van der Waals surface area contributed by atoms with Crippen LogP contribution in [0.15, 0.2) is 67.3 Å². The Bertz CT molecular complexity index is 962. The zero-order valence-electron chi connectivity index (χ0n) is 19.2. The number of nitrogens with zero attached hydrogens (tertiary/aromatic N) is 2. The Morgan fingerprint density at radius 2 is 2.03 bits per heavy atom. The van der Waals surface area contributed by atoms with E-state index in [0.29, 0.717) is 18.5 Å². The Labute approximate surface area is 191 Å². The number of amides is 1. The minimum atomic E-state index is -0.867. The van der Waals surface area contributed by atoms with Gasteiger partial charge >= 0.3 is 0 Å². The van der Waals surface area contributed by atoms with Gasteiger partial charge in [0.05, 0.1) is 12.7 Å². The predicted molar refractivity (Wildman–Crippen MR) is 127 cm³/mol. The van der Waals surface area contributed by atoms with Gasteiger partial charge in [0.15, 0.2) is 0 Å². The lowest BCUT2D eigenvalue weighted by Crippen LogP contribution is -2.67. The van der Waals surface area contributed by atoms with Crippen molar-refractivity contribution in [2.75, 3.05) is 33.8 Å². The summed E-state index contributed by atoms with van der Waals surface area (Å²) < 4.78 is 5.52. The minimum Gasteiger partial charge on any atom is -0.497 e. The summed E-state index contributed by atoms with van der Waals surface area (Å²) in [6.45, 7) is 6.14. The Morgan fingerprint density at radius 1 is 1.25 bits per heavy atom. The van der Waals surface area contributed by atoms with Crippen molar-refractivity contribution >= 4 is 5.91 Å². The molecular weight excluding hydrogens is 400 g/mol. The number of aliphatic hydroxyl groups is 1. The highest BCUT2D eigenvalue weighted by atomic mass is 16.5. The van der Waals surface area contributed by atoms with Crippen molar-refractivity contribution < 1.29 is 14.6 Å². The number of ether oxygens (including phenoxy) is 1. The highest BCUT2D eigenvalue weighted by Gasteiger charge is 2.58. The number of hydrogen-bond donors (Lipinski definition) is 1. The van der Waals surface area contributed by atoms with E-state index in [2.05, 4.69) is 23.6 Å². The first-order valence-corrected chi connectivity index (χ1v) is 11.4. The van der Waals surface area contributed by atoms with Crippen LogP contribution in [0.1, 0.15) is 41.6 Å². The molecule has 3 atom stereocenters. The van der Waals surface area contributed by atoms with Gasteiger partial charge in [-0.05, 0) is 62.1 Å². The topological polar surface area (TPSA) is 53.0 Å². The molecule has 1 N–H and O–H groups in total. The van der Waals surface area contributed by atoms with Crippen molar-refractivity contribution in [1.82, 2.24) is 9.80 Å². The summed E-state index contributed by atoms with van der Waals surface area (Å²) in [5.74, 6) is 0.828. The third kappa shape index (κ3) is 3.96. The summed E-state index contributed by atoms with van der Waals surface area (Å²) in [4.78, 5) is 17.4. The number of benzene rings is 2. The molecule has 0 radical (unpaired) electrons. The van der Waals surface area contributed by atoms with E-state index < -0.39 is 11.0 Å². The quantitative estimate of drug-likeness (QED) is 0.701. The third-order valence-corrected chi connectivity index (χ3v) is 7.60. The highest BCUT2D eigenvalue weighted by molar-refractivity contribution is 5.94. The van der Waals surface area contributed by atoms with Gasteiger partial charge in [0, 0.05) is 37.2 Å². The smallest absolute Gasteiger partial charge is 0.253 e. The Morgan fingerprint density at radius 3 is 2.75 bits per heavy atom. The fourth-order valence-electron chi connectivity index (χ4n) is 5.77. The molecule has 5 nitrogen and oxygen atoms in total. The molecule has 0 spiro atoms. The molecular formula is C27H34N2O3. The first kappa shape index (κ1) is 22.6. The van der Waals surface area contributed by atoms with Crippen LogP contribution in [0.2, 0.25) is 0 Å². The molecule has 2 aromatic rings. The Balaban J connectivity index is 1.69. The molecule has 1 aliphatic carbocycles. The van der Waals surface area contributed by atoms with Crippen molar-refractivity contribution in [3.05, 3.63) is 78.4 Å². The van der Waals surface area contributed by atoms with Crippen molar-refractivity contribution in [3.8, 4) is 5.75 Å². The van der Waals surface area contributed by atoms with Gasteiger partial charge in [0.1, 0.15) is 5.75 Å². The normalized spacial score (nSPS) is 27.9. The first-order valence-electron chi connectivity index (χ1n) is 11.4. The summed E-state index contributed by atoms with van der Waals surface area (Å²) in [7, 11) is 3.57. The number of piperidine rings is 1. The van der Waals surface area contributed by atoms with Crippen LogP contribution in [0, 0.1) is 0 Å². The summed E-state index contributed by atoms with van der Waals surface area (Å²) in [6.07, 6.45) is 4.88. The number of β-amino-alcohol motifs (C(OH)–C–C–N with tert-alkyl or cyclic N) is 1. The number of hydrogen-bond acceptors (Lipinski definition) is 4. The zero-order chi connectivity index (χ0) is 22.8. The molecule has 2 aliphatic rings. The molecule has 170 valence electrons. The molecule has 1 saturated heterocycles. The van der Waals surface area contributed by atoms with Gasteiger partial charge in [0.2, 0.25) is 0 Å². The van der Waals surface area contributed by atoms with E-state index in [0.717, 1.165) is 43.7 Å². The molecule has 1 aliphatic heterocycles. The van der Waals surface area contributed by atoms with E-state index >= 15 is 0 Å². The molecule has 2 fully saturated rings. The van der Waals surface area contributed by atoms with Gasteiger partial charge in [-0.3, -0.25) is 9.69 Å². The summed E-state index contributed by atoms with van der Waals surface area (Å²) >= 11 is 0. The molecule has 0 bridgehead atoms. The number of likely N-dealkylation sites (tertiary alicyclic amines) is 1. The number of carbonyl (C=O) groups is 1. The second-order valence-corrected chi connectivity index (χ2v) is 9.30. The van der Waals surface area contributed by atoms with Crippen LogP contribution in [-0.4, -0.2) is 66.2 Å². The van der Waals surface area contributed by atoms with Gasteiger partial charge in [-0.2, -0.15) is 0 Å². The van der Waals surface area contributed by atoms with Crippen molar-refractivity contribution in [1.29, 1.82) is 0 Å². The average Bonchev–Trinajstić information content (AvgIpc) is 2.83. The van der Waals surface area contributed by atoms with E-state index in [1.807, 2.05) is 60.5 Å². The van der Waals surface area contributed by atoms with Crippen LogP contribution < -0.4 is 4.74 Å². The van der Waals surface area contributed by atoms with Crippen LogP contribution in [-0.2, 0) is 5.41 Å². The van der Waals surface area contributed by atoms with E-state index in [4.69, 9.17) is 4.74 Å². The van der Waals surface area contributed by atoms with Crippen LogP contribution in [0.25, 0.3) is 0 Å². The molecule has 0 aromatic heterocycles. The second-order valence-electron chi connectivity index (χ2n) is 9.30. The molecule has 1 heterocycles. The predicted octanol–water partition coefficient (Wildman–Crippen LogP) is 3.88. The maximum absolute atomic E-state index is 13.2. The van der Waals surface area contributed by atoms with E-state index in [1.54, 1.807) is 7.11 Å². The number of rotatable bonds is 6.